The van der Waals surface area contributed by atoms with Crippen LogP contribution in [0.5, 0.6) is 0 Å². The van der Waals surface area contributed by atoms with Gasteiger partial charge in [-0.25, -0.2) is 4.39 Å². The van der Waals surface area contributed by atoms with Gasteiger partial charge in [-0.05, 0) is 35.9 Å². The highest BCUT2D eigenvalue weighted by molar-refractivity contribution is 6.30. The molecule has 0 amide bonds. The first-order valence-electron chi connectivity index (χ1n) is 5.96. The monoisotopic (exact) mass is 263 g/mol. The van der Waals surface area contributed by atoms with Gasteiger partial charge in [-0.1, -0.05) is 42.8 Å². The van der Waals surface area contributed by atoms with Gasteiger partial charge in [-0.2, -0.15) is 0 Å². The van der Waals surface area contributed by atoms with E-state index in [9.17, 15) is 4.39 Å². The average molecular weight is 264 g/mol. The van der Waals surface area contributed by atoms with E-state index in [1.54, 1.807) is 12.1 Å². The summed E-state index contributed by atoms with van der Waals surface area (Å²) in [4.78, 5) is 0. The molecule has 0 spiro atoms. The second kappa shape index (κ2) is 5.98. The maximum absolute atomic E-state index is 13.7. The number of rotatable bonds is 4. The molecule has 2 aromatic carbocycles. The van der Waals surface area contributed by atoms with Crippen molar-refractivity contribution in [1.82, 2.24) is 5.32 Å². The summed E-state index contributed by atoms with van der Waals surface area (Å²) in [6, 6.07) is 12.6. The minimum atomic E-state index is -0.290. The predicted octanol–water partition coefficient (Wildman–Crippen LogP) is 4.26. The van der Waals surface area contributed by atoms with Gasteiger partial charge in [0.1, 0.15) is 5.82 Å². The highest BCUT2D eigenvalue weighted by Gasteiger charge is 2.05. The van der Waals surface area contributed by atoms with E-state index in [-0.39, 0.29) is 5.82 Å². The molecule has 1 N–H and O–H groups in total. The predicted molar refractivity (Wildman–Crippen MR) is 74.2 cm³/mol. The van der Waals surface area contributed by atoms with Crippen molar-refractivity contribution in [2.24, 2.45) is 0 Å². The molecular formula is C15H15ClFN. The number of hydrogen-bond acceptors (Lipinski definition) is 1. The summed E-state index contributed by atoms with van der Waals surface area (Å²) in [6.45, 7) is 3.84. The minimum Gasteiger partial charge on any atom is -0.313 e. The van der Waals surface area contributed by atoms with Gasteiger partial charge in [-0.3, -0.25) is 0 Å². The van der Waals surface area contributed by atoms with Crippen molar-refractivity contribution in [3.05, 3.63) is 58.9 Å². The van der Waals surface area contributed by atoms with Gasteiger partial charge in [0.05, 0.1) is 0 Å². The van der Waals surface area contributed by atoms with Gasteiger partial charge in [0, 0.05) is 17.1 Å². The highest BCUT2D eigenvalue weighted by atomic mass is 35.5. The van der Waals surface area contributed by atoms with Crippen molar-refractivity contribution < 1.29 is 4.39 Å². The van der Waals surface area contributed by atoms with E-state index in [1.165, 1.54) is 11.6 Å². The lowest BCUT2D eigenvalue weighted by atomic mass is 10.0. The molecule has 18 heavy (non-hydrogen) atoms. The molecule has 0 aromatic heterocycles. The lowest BCUT2D eigenvalue weighted by Crippen LogP contribution is -2.11. The zero-order valence-electron chi connectivity index (χ0n) is 10.2. The Bertz CT molecular complexity index is 523. The first kappa shape index (κ1) is 13.1. The summed E-state index contributed by atoms with van der Waals surface area (Å²) in [7, 11) is 0. The zero-order chi connectivity index (χ0) is 13.0. The molecule has 94 valence electrons. The molecular weight excluding hydrogens is 249 g/mol. The number of nitrogens with one attached hydrogen (secondary N) is 1. The Labute approximate surface area is 112 Å². The SMILES string of the molecule is CCNCc1ccc(-c2ccc(Cl)cc2F)cc1. The van der Waals surface area contributed by atoms with E-state index in [0.717, 1.165) is 18.7 Å². The van der Waals surface area contributed by atoms with Gasteiger partial charge < -0.3 is 5.32 Å². The third-order valence-corrected chi connectivity index (χ3v) is 3.01. The van der Waals surface area contributed by atoms with Crippen molar-refractivity contribution >= 4 is 11.6 Å². The third kappa shape index (κ3) is 3.09. The van der Waals surface area contributed by atoms with Crippen LogP contribution < -0.4 is 5.32 Å². The molecule has 0 atom stereocenters. The molecule has 0 unspecified atom stereocenters. The van der Waals surface area contributed by atoms with Gasteiger partial charge >= 0.3 is 0 Å². The molecule has 0 heterocycles. The normalized spacial score (nSPS) is 10.6. The Hall–Kier alpha value is -1.38. The maximum Gasteiger partial charge on any atom is 0.132 e. The van der Waals surface area contributed by atoms with Crippen LogP contribution in [0.4, 0.5) is 4.39 Å². The quantitative estimate of drug-likeness (QED) is 0.869. The topological polar surface area (TPSA) is 12.0 Å². The van der Waals surface area contributed by atoms with E-state index in [0.29, 0.717) is 10.6 Å². The van der Waals surface area contributed by atoms with Crippen molar-refractivity contribution in [3.63, 3.8) is 0 Å². The van der Waals surface area contributed by atoms with Crippen LogP contribution in [0.2, 0.25) is 5.02 Å². The van der Waals surface area contributed by atoms with E-state index in [2.05, 4.69) is 12.2 Å². The summed E-state index contributed by atoms with van der Waals surface area (Å²) < 4.78 is 13.7. The third-order valence-electron chi connectivity index (χ3n) is 2.78. The van der Waals surface area contributed by atoms with Gasteiger partial charge in [0.15, 0.2) is 0 Å². The van der Waals surface area contributed by atoms with E-state index >= 15 is 0 Å². The van der Waals surface area contributed by atoms with Crippen LogP contribution in [0.3, 0.4) is 0 Å². The molecule has 0 aliphatic rings. The van der Waals surface area contributed by atoms with Crippen molar-refractivity contribution in [3.8, 4) is 11.1 Å². The molecule has 0 saturated heterocycles. The molecule has 2 rings (SSSR count). The standard InChI is InChI=1S/C15H15ClFN/c1-2-18-10-11-3-5-12(6-4-11)14-8-7-13(16)9-15(14)17/h3-9,18H,2,10H2,1H3. The summed E-state index contributed by atoms with van der Waals surface area (Å²) in [5.74, 6) is -0.290. The Morgan fingerprint density at radius 2 is 1.83 bits per heavy atom. The van der Waals surface area contributed by atoms with Gasteiger partial charge in [0.2, 0.25) is 0 Å². The summed E-state index contributed by atoms with van der Waals surface area (Å²) in [6.07, 6.45) is 0. The first-order chi connectivity index (χ1) is 8.70. The van der Waals surface area contributed by atoms with Gasteiger partial charge in [0.25, 0.3) is 0 Å². The van der Waals surface area contributed by atoms with Crippen molar-refractivity contribution in [2.75, 3.05) is 6.54 Å². The van der Waals surface area contributed by atoms with E-state index in [1.807, 2.05) is 24.3 Å². The molecule has 0 saturated carbocycles. The van der Waals surface area contributed by atoms with Crippen molar-refractivity contribution in [2.45, 2.75) is 13.5 Å². The number of hydrogen-bond donors (Lipinski definition) is 1. The fourth-order valence-electron chi connectivity index (χ4n) is 1.80. The minimum absolute atomic E-state index is 0.290. The van der Waals surface area contributed by atoms with Crippen LogP contribution in [0.1, 0.15) is 12.5 Å². The van der Waals surface area contributed by atoms with Crippen LogP contribution in [0, 0.1) is 5.82 Å². The highest BCUT2D eigenvalue weighted by Crippen LogP contribution is 2.25. The fraction of sp³-hybridized carbons (Fsp3) is 0.200. The summed E-state index contributed by atoms with van der Waals surface area (Å²) in [5, 5.41) is 3.67. The van der Waals surface area contributed by atoms with Crippen LogP contribution in [0.15, 0.2) is 42.5 Å². The summed E-state index contributed by atoms with van der Waals surface area (Å²) in [5.41, 5.74) is 2.63. The first-order valence-corrected chi connectivity index (χ1v) is 6.33. The second-order valence-corrected chi connectivity index (χ2v) is 4.54. The van der Waals surface area contributed by atoms with Crippen LogP contribution in [-0.4, -0.2) is 6.54 Å². The second-order valence-electron chi connectivity index (χ2n) is 4.10. The molecule has 0 aliphatic heterocycles. The number of halogens is 2. The van der Waals surface area contributed by atoms with Crippen molar-refractivity contribution in [1.29, 1.82) is 0 Å². The largest absolute Gasteiger partial charge is 0.313 e. The lowest BCUT2D eigenvalue weighted by molar-refractivity contribution is 0.631. The molecule has 0 fully saturated rings. The van der Waals surface area contributed by atoms with Gasteiger partial charge in [-0.15, -0.1) is 0 Å². The van der Waals surface area contributed by atoms with Crippen LogP contribution in [-0.2, 0) is 6.54 Å². The number of benzene rings is 2. The van der Waals surface area contributed by atoms with Crippen LogP contribution in [0.25, 0.3) is 11.1 Å². The Morgan fingerprint density at radius 3 is 2.44 bits per heavy atom. The van der Waals surface area contributed by atoms with Crippen LogP contribution >= 0.6 is 11.6 Å². The fourth-order valence-corrected chi connectivity index (χ4v) is 1.95. The smallest absolute Gasteiger partial charge is 0.132 e. The lowest BCUT2D eigenvalue weighted by Gasteiger charge is -2.06. The average Bonchev–Trinajstić information content (AvgIpc) is 2.37. The van der Waals surface area contributed by atoms with E-state index < -0.39 is 0 Å². The Morgan fingerprint density at radius 1 is 1.11 bits per heavy atom. The molecule has 1 nitrogen and oxygen atoms in total. The Balaban J connectivity index is 2.23. The summed E-state index contributed by atoms with van der Waals surface area (Å²) >= 11 is 5.74. The van der Waals surface area contributed by atoms with E-state index in [4.69, 9.17) is 11.6 Å². The zero-order valence-corrected chi connectivity index (χ0v) is 11.0. The molecule has 0 aliphatic carbocycles. The maximum atomic E-state index is 13.7. The molecule has 0 radical (unpaired) electrons. The molecule has 3 heteroatoms. The molecule has 2 aromatic rings. The Kier molecular flexibility index (Phi) is 4.34. The molecule has 0 bridgehead atoms.